The first-order chi connectivity index (χ1) is 8.91. The Kier molecular flexibility index (Phi) is 3.93. The van der Waals surface area contributed by atoms with Crippen molar-refractivity contribution in [2.45, 2.75) is 26.8 Å². The average molecular weight is 278 g/mol. The molecule has 1 nitrogen and oxygen atoms in total. The van der Waals surface area contributed by atoms with E-state index < -0.39 is 6.04 Å². The first kappa shape index (κ1) is 14.0. The molecule has 0 aliphatic heterocycles. The highest BCUT2D eigenvalue weighted by atomic mass is 35.5. The largest absolute Gasteiger partial charge is 0.320 e. The number of rotatable bonds is 2. The third-order valence-electron chi connectivity index (χ3n) is 3.50. The van der Waals surface area contributed by atoms with Crippen LogP contribution < -0.4 is 5.73 Å². The molecule has 0 aliphatic carbocycles. The normalized spacial score (nSPS) is 12.5. The van der Waals surface area contributed by atoms with Crippen LogP contribution in [0.2, 0.25) is 5.02 Å². The number of benzene rings is 2. The lowest BCUT2D eigenvalue weighted by Gasteiger charge is -2.17. The monoisotopic (exact) mass is 277 g/mol. The minimum absolute atomic E-state index is 0.260. The van der Waals surface area contributed by atoms with E-state index in [4.69, 9.17) is 17.3 Å². The fourth-order valence-electron chi connectivity index (χ4n) is 2.12. The van der Waals surface area contributed by atoms with Gasteiger partial charge >= 0.3 is 0 Å². The number of halogens is 2. The van der Waals surface area contributed by atoms with E-state index in [0.29, 0.717) is 16.1 Å². The van der Waals surface area contributed by atoms with Gasteiger partial charge in [-0.15, -0.1) is 0 Å². The van der Waals surface area contributed by atoms with E-state index in [1.165, 1.54) is 0 Å². The average Bonchev–Trinajstić information content (AvgIpc) is 2.36. The molecule has 0 amide bonds. The van der Waals surface area contributed by atoms with Crippen LogP contribution in [0, 0.1) is 26.6 Å². The Labute approximate surface area is 118 Å². The van der Waals surface area contributed by atoms with Crippen LogP contribution in [0.3, 0.4) is 0 Å². The van der Waals surface area contributed by atoms with E-state index in [1.807, 2.05) is 32.0 Å². The lowest BCUT2D eigenvalue weighted by molar-refractivity contribution is 0.591. The summed E-state index contributed by atoms with van der Waals surface area (Å²) in [5.74, 6) is -0.260. The van der Waals surface area contributed by atoms with Crippen LogP contribution in [-0.4, -0.2) is 0 Å². The molecule has 19 heavy (non-hydrogen) atoms. The van der Waals surface area contributed by atoms with Gasteiger partial charge in [0.1, 0.15) is 5.82 Å². The predicted molar refractivity (Wildman–Crippen MR) is 78.1 cm³/mol. The molecule has 0 saturated carbocycles. The van der Waals surface area contributed by atoms with Gasteiger partial charge in [-0.25, -0.2) is 4.39 Å². The Hall–Kier alpha value is -1.38. The molecule has 0 spiro atoms. The van der Waals surface area contributed by atoms with Crippen molar-refractivity contribution in [2.75, 3.05) is 0 Å². The summed E-state index contributed by atoms with van der Waals surface area (Å²) in [6.07, 6.45) is 0. The van der Waals surface area contributed by atoms with Crippen LogP contribution in [0.25, 0.3) is 0 Å². The van der Waals surface area contributed by atoms with E-state index in [-0.39, 0.29) is 5.82 Å². The Bertz CT molecular complexity index is 622. The van der Waals surface area contributed by atoms with Gasteiger partial charge < -0.3 is 5.73 Å². The maximum Gasteiger partial charge on any atom is 0.131 e. The number of aryl methyl sites for hydroxylation is 3. The van der Waals surface area contributed by atoms with Crippen LogP contribution in [0.15, 0.2) is 30.3 Å². The molecule has 0 fully saturated rings. The molecule has 0 bridgehead atoms. The highest BCUT2D eigenvalue weighted by Crippen LogP contribution is 2.30. The maximum absolute atomic E-state index is 14.1. The topological polar surface area (TPSA) is 26.0 Å². The maximum atomic E-state index is 14.1. The molecule has 2 N–H and O–H groups in total. The van der Waals surface area contributed by atoms with Crippen LogP contribution in [0.4, 0.5) is 4.39 Å². The van der Waals surface area contributed by atoms with Gasteiger partial charge in [-0.2, -0.15) is 0 Å². The number of hydrogen-bond acceptors (Lipinski definition) is 1. The Morgan fingerprint density at radius 2 is 1.63 bits per heavy atom. The third-order valence-corrected chi connectivity index (χ3v) is 3.83. The Morgan fingerprint density at radius 3 is 2.32 bits per heavy atom. The molecular formula is C16H17ClFN. The van der Waals surface area contributed by atoms with Crippen LogP contribution in [-0.2, 0) is 0 Å². The van der Waals surface area contributed by atoms with E-state index in [1.54, 1.807) is 19.1 Å². The molecule has 3 heteroatoms. The van der Waals surface area contributed by atoms with Gasteiger partial charge in [0.05, 0.1) is 6.04 Å². The molecule has 0 radical (unpaired) electrons. The molecule has 1 atom stereocenters. The lowest BCUT2D eigenvalue weighted by Crippen LogP contribution is -2.15. The van der Waals surface area contributed by atoms with Gasteiger partial charge in [-0.1, -0.05) is 35.9 Å². The van der Waals surface area contributed by atoms with E-state index >= 15 is 0 Å². The van der Waals surface area contributed by atoms with Crippen molar-refractivity contribution in [3.8, 4) is 0 Å². The molecule has 0 heterocycles. The minimum Gasteiger partial charge on any atom is -0.320 e. The molecule has 0 aliphatic rings. The summed E-state index contributed by atoms with van der Waals surface area (Å²) in [6.45, 7) is 5.71. The highest BCUT2D eigenvalue weighted by molar-refractivity contribution is 6.31. The second kappa shape index (κ2) is 5.32. The van der Waals surface area contributed by atoms with E-state index in [2.05, 4.69) is 0 Å². The summed E-state index contributed by atoms with van der Waals surface area (Å²) in [6, 6.07) is 8.50. The van der Waals surface area contributed by atoms with Crippen molar-refractivity contribution >= 4 is 11.6 Å². The van der Waals surface area contributed by atoms with Crippen molar-refractivity contribution in [3.63, 3.8) is 0 Å². The van der Waals surface area contributed by atoms with Gasteiger partial charge in [-0.3, -0.25) is 0 Å². The third kappa shape index (κ3) is 2.65. The van der Waals surface area contributed by atoms with Gasteiger partial charge in [0, 0.05) is 10.6 Å². The van der Waals surface area contributed by atoms with Crippen molar-refractivity contribution < 1.29 is 4.39 Å². The minimum atomic E-state index is -0.549. The summed E-state index contributed by atoms with van der Waals surface area (Å²) in [7, 11) is 0. The Morgan fingerprint density at radius 1 is 1.00 bits per heavy atom. The Balaban J connectivity index is 2.53. The standard InChI is InChI=1S/C16H17ClFN/c1-9-5-4-6-12(15(9)18)16(19)13-7-10(2)11(3)8-14(13)17/h4-8,16H,19H2,1-3H3. The van der Waals surface area contributed by atoms with Gasteiger partial charge in [-0.05, 0) is 49.1 Å². The summed E-state index contributed by atoms with van der Waals surface area (Å²) in [4.78, 5) is 0. The van der Waals surface area contributed by atoms with Crippen molar-refractivity contribution in [1.29, 1.82) is 0 Å². The zero-order chi connectivity index (χ0) is 14.2. The summed E-state index contributed by atoms with van der Waals surface area (Å²) in [5, 5.41) is 0.580. The molecule has 1 unspecified atom stereocenters. The van der Waals surface area contributed by atoms with Crippen LogP contribution >= 0.6 is 11.6 Å². The van der Waals surface area contributed by atoms with Gasteiger partial charge in [0.25, 0.3) is 0 Å². The first-order valence-corrected chi connectivity index (χ1v) is 6.57. The summed E-state index contributed by atoms with van der Waals surface area (Å²) in [5.41, 5.74) is 10.2. The first-order valence-electron chi connectivity index (χ1n) is 6.19. The highest BCUT2D eigenvalue weighted by Gasteiger charge is 2.18. The van der Waals surface area contributed by atoms with Gasteiger partial charge in [0.2, 0.25) is 0 Å². The SMILES string of the molecule is Cc1cc(Cl)c(C(N)c2cccc(C)c2F)cc1C. The second-order valence-corrected chi connectivity index (χ2v) is 5.32. The lowest BCUT2D eigenvalue weighted by atomic mass is 9.95. The molecule has 2 aromatic carbocycles. The number of hydrogen-bond donors (Lipinski definition) is 1. The molecule has 2 rings (SSSR count). The van der Waals surface area contributed by atoms with Crippen LogP contribution in [0.1, 0.15) is 33.9 Å². The van der Waals surface area contributed by atoms with Crippen molar-refractivity contribution in [2.24, 2.45) is 5.73 Å². The zero-order valence-corrected chi connectivity index (χ0v) is 12.1. The molecule has 100 valence electrons. The molecule has 0 aromatic heterocycles. The molecular weight excluding hydrogens is 261 g/mol. The fraction of sp³-hybridized carbons (Fsp3) is 0.250. The molecule has 2 aromatic rings. The second-order valence-electron chi connectivity index (χ2n) is 4.91. The number of nitrogens with two attached hydrogens (primary N) is 1. The quantitative estimate of drug-likeness (QED) is 0.862. The van der Waals surface area contributed by atoms with E-state index in [0.717, 1.165) is 16.7 Å². The van der Waals surface area contributed by atoms with Crippen LogP contribution in [0.5, 0.6) is 0 Å². The summed E-state index contributed by atoms with van der Waals surface area (Å²) < 4.78 is 14.1. The summed E-state index contributed by atoms with van der Waals surface area (Å²) >= 11 is 6.24. The smallest absolute Gasteiger partial charge is 0.131 e. The fourth-order valence-corrected chi connectivity index (χ4v) is 2.46. The van der Waals surface area contributed by atoms with Crippen molar-refractivity contribution in [1.82, 2.24) is 0 Å². The zero-order valence-electron chi connectivity index (χ0n) is 11.3. The van der Waals surface area contributed by atoms with Gasteiger partial charge in [0.15, 0.2) is 0 Å². The van der Waals surface area contributed by atoms with E-state index in [9.17, 15) is 4.39 Å². The van der Waals surface area contributed by atoms with Crippen molar-refractivity contribution in [3.05, 3.63) is 69.0 Å². The predicted octanol–water partition coefficient (Wildman–Crippen LogP) is 4.45. The molecule has 0 saturated heterocycles.